The molecule has 0 radical (unpaired) electrons. The molecule has 0 atom stereocenters. The Hall–Kier alpha value is -2.30. The Bertz CT molecular complexity index is 701. The molecule has 3 rings (SSSR count). The third kappa shape index (κ3) is 3.55. The van der Waals surface area contributed by atoms with Crippen LogP contribution in [0.5, 0.6) is 0 Å². The number of fused-ring (bicyclic) bond motifs is 1. The van der Waals surface area contributed by atoms with Crippen molar-refractivity contribution in [3.63, 3.8) is 0 Å². The molecule has 0 saturated heterocycles. The quantitative estimate of drug-likeness (QED) is 0.889. The third-order valence-corrected chi connectivity index (χ3v) is 4.66. The summed E-state index contributed by atoms with van der Waals surface area (Å²) in [5, 5.41) is 1.17. The van der Waals surface area contributed by atoms with Crippen LogP contribution < -0.4 is 5.73 Å². The lowest BCUT2D eigenvalue weighted by atomic mass is 10.2. The zero-order valence-electron chi connectivity index (χ0n) is 13.3. The fraction of sp³-hybridized carbons (Fsp3) is 0.444. The van der Waals surface area contributed by atoms with Crippen molar-refractivity contribution in [2.75, 3.05) is 6.54 Å². The minimum absolute atomic E-state index is 0.0217. The number of nitrogens with zero attached hydrogens (tertiary/aromatic N) is 2. The van der Waals surface area contributed by atoms with Crippen LogP contribution in [-0.2, 0) is 16.1 Å². The van der Waals surface area contributed by atoms with Crippen LogP contribution in [0.2, 0.25) is 0 Å². The van der Waals surface area contributed by atoms with Gasteiger partial charge in [-0.2, -0.15) is 0 Å². The molecular formula is C18H23N3O2. The van der Waals surface area contributed by atoms with Gasteiger partial charge < -0.3 is 15.2 Å². The number of carbonyl (C=O) groups excluding carboxylic acids is 2. The van der Waals surface area contributed by atoms with Gasteiger partial charge in [0.2, 0.25) is 11.8 Å². The highest BCUT2D eigenvalue weighted by Gasteiger charge is 2.27. The Morgan fingerprint density at radius 2 is 1.91 bits per heavy atom. The lowest BCUT2D eigenvalue weighted by Gasteiger charge is -2.28. The molecule has 0 aliphatic heterocycles. The molecule has 1 fully saturated rings. The Labute approximate surface area is 136 Å². The molecule has 2 N–H and O–H groups in total. The number of aromatic nitrogens is 1. The van der Waals surface area contributed by atoms with Crippen molar-refractivity contribution in [1.82, 2.24) is 9.47 Å². The van der Waals surface area contributed by atoms with Crippen molar-refractivity contribution in [3.8, 4) is 0 Å². The standard InChI is InChI=1S/C18H23N3O2/c19-17(22)13-21(15-6-2-3-7-15)18(23)10-12-20-11-9-14-5-1-4-8-16(14)20/h1,4-5,8-9,11,15H,2-3,6-7,10,12-13H2,(H2,19,22). The Kier molecular flexibility index (Phi) is 4.65. The molecule has 1 heterocycles. The minimum Gasteiger partial charge on any atom is -0.368 e. The van der Waals surface area contributed by atoms with Crippen LogP contribution in [0.25, 0.3) is 10.9 Å². The zero-order chi connectivity index (χ0) is 16.2. The summed E-state index contributed by atoms with van der Waals surface area (Å²) >= 11 is 0. The number of para-hydroxylation sites is 1. The maximum atomic E-state index is 12.6. The number of carbonyl (C=O) groups is 2. The average Bonchev–Trinajstić information content (AvgIpc) is 3.20. The summed E-state index contributed by atoms with van der Waals surface area (Å²) in [5.41, 5.74) is 6.45. The molecule has 23 heavy (non-hydrogen) atoms. The number of benzene rings is 1. The first kappa shape index (κ1) is 15.6. The third-order valence-electron chi connectivity index (χ3n) is 4.66. The van der Waals surface area contributed by atoms with Crippen LogP contribution in [-0.4, -0.2) is 33.9 Å². The molecule has 1 aliphatic carbocycles. The molecule has 122 valence electrons. The van der Waals surface area contributed by atoms with Gasteiger partial charge in [0.25, 0.3) is 0 Å². The van der Waals surface area contributed by atoms with E-state index in [1.54, 1.807) is 4.90 Å². The van der Waals surface area contributed by atoms with Gasteiger partial charge in [0.15, 0.2) is 0 Å². The predicted molar refractivity (Wildman–Crippen MR) is 89.7 cm³/mol. The van der Waals surface area contributed by atoms with E-state index in [0.29, 0.717) is 13.0 Å². The second-order valence-electron chi connectivity index (χ2n) is 6.24. The number of amides is 2. The molecule has 1 aromatic heterocycles. The van der Waals surface area contributed by atoms with E-state index in [2.05, 4.69) is 22.8 Å². The van der Waals surface area contributed by atoms with Crippen molar-refractivity contribution < 1.29 is 9.59 Å². The van der Waals surface area contributed by atoms with Gasteiger partial charge in [0, 0.05) is 30.7 Å². The number of hydrogen-bond acceptors (Lipinski definition) is 2. The first-order chi connectivity index (χ1) is 11.1. The van der Waals surface area contributed by atoms with Gasteiger partial charge in [-0.15, -0.1) is 0 Å². The van der Waals surface area contributed by atoms with Crippen LogP contribution in [0.1, 0.15) is 32.1 Å². The van der Waals surface area contributed by atoms with Gasteiger partial charge >= 0.3 is 0 Å². The van der Waals surface area contributed by atoms with E-state index >= 15 is 0 Å². The lowest BCUT2D eigenvalue weighted by Crippen LogP contribution is -2.44. The number of rotatable bonds is 6. The second kappa shape index (κ2) is 6.86. The molecule has 0 unspecified atom stereocenters. The van der Waals surface area contributed by atoms with E-state index in [4.69, 9.17) is 5.73 Å². The lowest BCUT2D eigenvalue weighted by molar-refractivity contribution is -0.137. The molecule has 2 amide bonds. The van der Waals surface area contributed by atoms with E-state index in [-0.39, 0.29) is 18.5 Å². The zero-order valence-corrected chi connectivity index (χ0v) is 13.3. The van der Waals surface area contributed by atoms with Crippen molar-refractivity contribution >= 4 is 22.7 Å². The van der Waals surface area contributed by atoms with Gasteiger partial charge in [0.1, 0.15) is 0 Å². The summed E-state index contributed by atoms with van der Waals surface area (Å²) in [6, 6.07) is 10.4. The smallest absolute Gasteiger partial charge is 0.237 e. The molecule has 0 spiro atoms. The van der Waals surface area contributed by atoms with E-state index in [0.717, 1.165) is 31.2 Å². The molecule has 1 aliphatic rings. The number of aryl methyl sites for hydroxylation is 1. The van der Waals surface area contributed by atoms with Crippen molar-refractivity contribution in [2.24, 2.45) is 5.73 Å². The fourth-order valence-electron chi connectivity index (χ4n) is 3.50. The Morgan fingerprint density at radius 1 is 1.17 bits per heavy atom. The summed E-state index contributed by atoms with van der Waals surface area (Å²) in [6.45, 7) is 0.657. The highest BCUT2D eigenvalue weighted by molar-refractivity contribution is 5.84. The summed E-state index contributed by atoms with van der Waals surface area (Å²) in [7, 11) is 0. The summed E-state index contributed by atoms with van der Waals surface area (Å²) in [4.78, 5) is 25.6. The minimum atomic E-state index is -0.434. The summed E-state index contributed by atoms with van der Waals surface area (Å²) < 4.78 is 2.09. The molecule has 0 bridgehead atoms. The maximum Gasteiger partial charge on any atom is 0.237 e. The van der Waals surface area contributed by atoms with Gasteiger partial charge in [0.05, 0.1) is 6.54 Å². The summed E-state index contributed by atoms with van der Waals surface area (Å²) in [5.74, 6) is -0.412. The maximum absolute atomic E-state index is 12.6. The highest BCUT2D eigenvalue weighted by atomic mass is 16.2. The van der Waals surface area contributed by atoms with Crippen molar-refractivity contribution in [3.05, 3.63) is 36.5 Å². The Morgan fingerprint density at radius 3 is 2.65 bits per heavy atom. The monoisotopic (exact) mass is 313 g/mol. The molecule has 5 heteroatoms. The van der Waals surface area contributed by atoms with Gasteiger partial charge in [-0.05, 0) is 30.4 Å². The highest BCUT2D eigenvalue weighted by Crippen LogP contribution is 2.24. The first-order valence-electron chi connectivity index (χ1n) is 8.27. The molecule has 2 aromatic rings. The van der Waals surface area contributed by atoms with E-state index in [1.165, 1.54) is 5.39 Å². The van der Waals surface area contributed by atoms with Crippen LogP contribution >= 0.6 is 0 Å². The van der Waals surface area contributed by atoms with E-state index < -0.39 is 5.91 Å². The molecule has 1 saturated carbocycles. The van der Waals surface area contributed by atoms with Crippen LogP contribution in [0.3, 0.4) is 0 Å². The molecule has 1 aromatic carbocycles. The van der Waals surface area contributed by atoms with Gasteiger partial charge in [-0.25, -0.2) is 0 Å². The van der Waals surface area contributed by atoms with Crippen molar-refractivity contribution in [2.45, 2.75) is 44.7 Å². The molecular weight excluding hydrogens is 290 g/mol. The van der Waals surface area contributed by atoms with Gasteiger partial charge in [-0.3, -0.25) is 9.59 Å². The topological polar surface area (TPSA) is 68.3 Å². The van der Waals surface area contributed by atoms with Crippen LogP contribution in [0.15, 0.2) is 36.5 Å². The SMILES string of the molecule is NC(=O)CN(C(=O)CCn1ccc2ccccc21)C1CCCC1. The molecule has 5 nitrogen and oxygen atoms in total. The number of nitrogens with two attached hydrogens (primary N) is 1. The van der Waals surface area contributed by atoms with Gasteiger partial charge in [-0.1, -0.05) is 31.0 Å². The number of primary amides is 1. The number of hydrogen-bond donors (Lipinski definition) is 1. The fourth-order valence-corrected chi connectivity index (χ4v) is 3.50. The average molecular weight is 313 g/mol. The second-order valence-corrected chi connectivity index (χ2v) is 6.24. The first-order valence-corrected chi connectivity index (χ1v) is 8.27. The normalized spacial score (nSPS) is 15.1. The van der Waals surface area contributed by atoms with Crippen LogP contribution in [0.4, 0.5) is 0 Å². The van der Waals surface area contributed by atoms with E-state index in [1.807, 2.05) is 18.3 Å². The van der Waals surface area contributed by atoms with Crippen molar-refractivity contribution in [1.29, 1.82) is 0 Å². The van der Waals surface area contributed by atoms with E-state index in [9.17, 15) is 9.59 Å². The Balaban J connectivity index is 1.67. The summed E-state index contributed by atoms with van der Waals surface area (Å²) in [6.07, 6.45) is 6.59. The predicted octanol–water partition coefficient (Wildman–Crippen LogP) is 2.29. The largest absolute Gasteiger partial charge is 0.368 e. The van der Waals surface area contributed by atoms with Crippen LogP contribution in [0, 0.1) is 0 Å².